The van der Waals surface area contributed by atoms with E-state index in [4.69, 9.17) is 5.90 Å². The van der Waals surface area contributed by atoms with Gasteiger partial charge in [-0.15, -0.1) is 0 Å². The molecular formula is C9H10BrF2NO. The molecule has 1 aromatic rings. The third-order valence-electron chi connectivity index (χ3n) is 1.83. The van der Waals surface area contributed by atoms with Crippen molar-refractivity contribution in [1.82, 2.24) is 0 Å². The lowest BCUT2D eigenvalue weighted by Gasteiger charge is -2.08. The first-order valence-corrected chi connectivity index (χ1v) is 4.82. The summed E-state index contributed by atoms with van der Waals surface area (Å²) >= 11 is 3.22. The lowest BCUT2D eigenvalue weighted by Crippen LogP contribution is -2.05. The summed E-state index contributed by atoms with van der Waals surface area (Å²) in [6.45, 7) is 0.232. The minimum Gasteiger partial charge on any atom is -0.304 e. The summed E-state index contributed by atoms with van der Waals surface area (Å²) < 4.78 is 25.8. The molecule has 5 heteroatoms. The largest absolute Gasteiger partial charge is 0.304 e. The van der Waals surface area contributed by atoms with E-state index >= 15 is 0 Å². The van der Waals surface area contributed by atoms with Crippen LogP contribution in [0, 0.1) is 0 Å². The Morgan fingerprint density at radius 2 is 2.14 bits per heavy atom. The lowest BCUT2D eigenvalue weighted by molar-refractivity contribution is 0.135. The van der Waals surface area contributed by atoms with Crippen LogP contribution in [0.15, 0.2) is 22.7 Å². The zero-order chi connectivity index (χ0) is 10.6. The van der Waals surface area contributed by atoms with Crippen molar-refractivity contribution in [3.8, 4) is 0 Å². The molecule has 0 bridgehead atoms. The van der Waals surface area contributed by atoms with Gasteiger partial charge in [0.1, 0.15) is 0 Å². The predicted molar refractivity (Wildman–Crippen MR) is 52.9 cm³/mol. The van der Waals surface area contributed by atoms with Crippen molar-refractivity contribution in [3.05, 3.63) is 33.8 Å². The Bertz CT molecular complexity index is 307. The highest BCUT2D eigenvalue weighted by molar-refractivity contribution is 9.10. The van der Waals surface area contributed by atoms with Crippen molar-refractivity contribution in [2.45, 2.75) is 12.8 Å². The average molecular weight is 266 g/mol. The summed E-state index contributed by atoms with van der Waals surface area (Å²) in [5, 5.41) is 0. The van der Waals surface area contributed by atoms with Crippen molar-refractivity contribution < 1.29 is 13.6 Å². The zero-order valence-electron chi connectivity index (χ0n) is 7.34. The van der Waals surface area contributed by atoms with Crippen molar-refractivity contribution >= 4 is 15.9 Å². The third kappa shape index (κ3) is 3.01. The van der Waals surface area contributed by atoms with Gasteiger partial charge in [-0.3, -0.25) is 0 Å². The molecule has 0 aliphatic carbocycles. The van der Waals surface area contributed by atoms with Crippen molar-refractivity contribution in [3.63, 3.8) is 0 Å². The fourth-order valence-electron chi connectivity index (χ4n) is 1.17. The van der Waals surface area contributed by atoms with E-state index in [0.29, 0.717) is 12.0 Å². The van der Waals surface area contributed by atoms with Crippen LogP contribution in [0.2, 0.25) is 0 Å². The van der Waals surface area contributed by atoms with Gasteiger partial charge in [0.05, 0.1) is 6.61 Å². The number of hydrogen-bond donors (Lipinski definition) is 1. The van der Waals surface area contributed by atoms with E-state index in [0.717, 1.165) is 4.47 Å². The van der Waals surface area contributed by atoms with Gasteiger partial charge < -0.3 is 4.84 Å². The Morgan fingerprint density at radius 1 is 1.43 bits per heavy atom. The van der Waals surface area contributed by atoms with Crippen LogP contribution in [0.25, 0.3) is 0 Å². The van der Waals surface area contributed by atoms with Crippen LogP contribution in [-0.4, -0.2) is 6.61 Å². The summed E-state index contributed by atoms with van der Waals surface area (Å²) in [5.41, 5.74) is 0.588. The molecule has 0 unspecified atom stereocenters. The second-order valence-electron chi connectivity index (χ2n) is 2.76. The second kappa shape index (κ2) is 5.38. The predicted octanol–water partition coefficient (Wildman–Crippen LogP) is 2.82. The Morgan fingerprint density at radius 3 is 2.71 bits per heavy atom. The highest BCUT2D eigenvalue weighted by Gasteiger charge is 2.12. The molecule has 14 heavy (non-hydrogen) atoms. The number of hydrogen-bond acceptors (Lipinski definition) is 2. The van der Waals surface area contributed by atoms with Crippen molar-refractivity contribution in [1.29, 1.82) is 0 Å². The maximum absolute atomic E-state index is 12.5. The summed E-state index contributed by atoms with van der Waals surface area (Å²) in [5.74, 6) is 4.84. The maximum atomic E-state index is 12.5. The van der Waals surface area contributed by atoms with Gasteiger partial charge in [0.25, 0.3) is 6.43 Å². The molecule has 0 aliphatic heterocycles. The molecule has 2 N–H and O–H groups in total. The lowest BCUT2D eigenvalue weighted by atomic mass is 10.1. The molecule has 0 saturated heterocycles. The van der Waals surface area contributed by atoms with Crippen LogP contribution < -0.4 is 5.90 Å². The minimum absolute atomic E-state index is 0.0326. The molecular weight excluding hydrogens is 256 g/mol. The van der Waals surface area contributed by atoms with Gasteiger partial charge in [-0.1, -0.05) is 22.0 Å². The molecule has 0 atom stereocenters. The molecule has 1 aromatic carbocycles. The van der Waals surface area contributed by atoms with Crippen LogP contribution in [0.4, 0.5) is 8.78 Å². The number of halogens is 3. The van der Waals surface area contributed by atoms with Gasteiger partial charge in [0.15, 0.2) is 0 Å². The van der Waals surface area contributed by atoms with E-state index in [1.54, 1.807) is 12.1 Å². The van der Waals surface area contributed by atoms with Crippen molar-refractivity contribution in [2.75, 3.05) is 6.61 Å². The van der Waals surface area contributed by atoms with Crippen LogP contribution in [0.3, 0.4) is 0 Å². The summed E-state index contributed by atoms with van der Waals surface area (Å²) in [6, 6.07) is 4.65. The molecule has 0 radical (unpaired) electrons. The third-order valence-corrected chi connectivity index (χ3v) is 2.32. The second-order valence-corrected chi connectivity index (χ2v) is 3.68. The SMILES string of the molecule is NOCCc1cc(Br)ccc1C(F)F. The first kappa shape index (κ1) is 11.6. The van der Waals surface area contributed by atoms with Gasteiger partial charge >= 0.3 is 0 Å². The highest BCUT2D eigenvalue weighted by Crippen LogP contribution is 2.26. The van der Waals surface area contributed by atoms with E-state index in [-0.39, 0.29) is 12.2 Å². The van der Waals surface area contributed by atoms with Gasteiger partial charge in [-0.2, -0.15) is 0 Å². The first-order valence-electron chi connectivity index (χ1n) is 4.03. The summed E-state index contributed by atoms with van der Waals surface area (Å²) in [6.07, 6.45) is -2.08. The quantitative estimate of drug-likeness (QED) is 0.850. The zero-order valence-corrected chi connectivity index (χ0v) is 8.93. The minimum atomic E-state index is -2.46. The fourth-order valence-corrected chi connectivity index (χ4v) is 1.58. The fraction of sp³-hybridized carbons (Fsp3) is 0.333. The van der Waals surface area contributed by atoms with Crippen LogP contribution in [0.5, 0.6) is 0 Å². The van der Waals surface area contributed by atoms with Gasteiger partial charge in [0.2, 0.25) is 0 Å². The molecule has 2 nitrogen and oxygen atoms in total. The van der Waals surface area contributed by atoms with Crippen LogP contribution >= 0.6 is 15.9 Å². The molecule has 78 valence electrons. The molecule has 0 aliphatic rings. The average Bonchev–Trinajstić information content (AvgIpc) is 2.14. The van der Waals surface area contributed by atoms with Gasteiger partial charge in [-0.05, 0) is 24.1 Å². The Balaban J connectivity index is 2.91. The van der Waals surface area contributed by atoms with E-state index in [1.807, 2.05) is 0 Å². The molecule has 0 aromatic heterocycles. The molecule has 0 spiro atoms. The monoisotopic (exact) mass is 265 g/mol. The maximum Gasteiger partial charge on any atom is 0.264 e. The Hall–Kier alpha value is -0.520. The Labute approximate surface area is 89.1 Å². The van der Waals surface area contributed by atoms with E-state index in [1.165, 1.54) is 6.07 Å². The Kier molecular flexibility index (Phi) is 4.44. The molecule has 0 heterocycles. The van der Waals surface area contributed by atoms with Gasteiger partial charge in [-0.25, -0.2) is 14.7 Å². The molecule has 0 fully saturated rings. The van der Waals surface area contributed by atoms with E-state index < -0.39 is 6.43 Å². The van der Waals surface area contributed by atoms with Crippen LogP contribution in [-0.2, 0) is 11.3 Å². The summed E-state index contributed by atoms with van der Waals surface area (Å²) in [7, 11) is 0. The number of nitrogens with two attached hydrogens (primary N) is 1. The highest BCUT2D eigenvalue weighted by atomic mass is 79.9. The van der Waals surface area contributed by atoms with E-state index in [9.17, 15) is 8.78 Å². The number of alkyl halides is 2. The molecule has 0 amide bonds. The van der Waals surface area contributed by atoms with Gasteiger partial charge in [0, 0.05) is 10.0 Å². The summed E-state index contributed by atoms with van der Waals surface area (Å²) in [4.78, 5) is 4.36. The standard InChI is InChI=1S/C9H10BrF2NO/c10-7-1-2-8(9(11)12)6(5-7)3-4-14-13/h1-2,5,9H,3-4,13H2. The molecule has 1 rings (SSSR count). The van der Waals surface area contributed by atoms with Crippen molar-refractivity contribution in [2.24, 2.45) is 5.90 Å². The topological polar surface area (TPSA) is 35.2 Å². The smallest absolute Gasteiger partial charge is 0.264 e. The normalized spacial score (nSPS) is 10.9. The number of rotatable bonds is 4. The molecule has 0 saturated carbocycles. The van der Waals surface area contributed by atoms with E-state index in [2.05, 4.69) is 20.8 Å². The number of benzene rings is 1. The van der Waals surface area contributed by atoms with Crippen LogP contribution in [0.1, 0.15) is 17.6 Å². The first-order chi connectivity index (χ1) is 6.65.